The minimum absolute atomic E-state index is 0.0108. The number of rotatable bonds is 3. The third-order valence-corrected chi connectivity index (χ3v) is 5.65. The molecule has 1 aromatic rings. The summed E-state index contributed by atoms with van der Waals surface area (Å²) in [7, 11) is 0. The number of aliphatic hydroxyl groups is 3. The molecule has 0 radical (unpaired) electrons. The highest BCUT2D eigenvalue weighted by Crippen LogP contribution is 2.38. The molecule has 0 saturated carbocycles. The molecule has 1 saturated heterocycles. The van der Waals surface area contributed by atoms with Gasteiger partial charge in [0.05, 0.1) is 15.6 Å². The zero-order valence-corrected chi connectivity index (χ0v) is 11.4. The Hall–Kier alpha value is -0.800. The lowest BCUT2D eigenvalue weighted by Crippen LogP contribution is -2.47. The maximum atomic E-state index is 10.5. The van der Waals surface area contributed by atoms with Crippen molar-refractivity contribution in [1.29, 1.82) is 0 Å². The molecule has 1 aliphatic heterocycles. The standard InChI is InChI=1S/C11H13NO5S2/c13-8-5-18-11(10(15)9(8)14)19-7-3-1-6(2-4-7)12(16)17/h1-4,8-11,13-15H,5H2/t8-,9-,10+,11-/m0/s1. The lowest BCUT2D eigenvalue weighted by Gasteiger charge is -2.34. The van der Waals surface area contributed by atoms with E-state index in [1.807, 2.05) is 0 Å². The van der Waals surface area contributed by atoms with Gasteiger partial charge in [0.2, 0.25) is 0 Å². The van der Waals surface area contributed by atoms with Crippen LogP contribution in [0.15, 0.2) is 29.2 Å². The molecule has 0 spiro atoms. The molecule has 0 aliphatic carbocycles. The monoisotopic (exact) mass is 303 g/mol. The van der Waals surface area contributed by atoms with Crippen molar-refractivity contribution in [3.05, 3.63) is 34.4 Å². The maximum absolute atomic E-state index is 10.5. The van der Waals surface area contributed by atoms with Crippen molar-refractivity contribution < 1.29 is 20.2 Å². The first-order chi connectivity index (χ1) is 8.99. The molecule has 2 rings (SSSR count). The molecule has 0 amide bonds. The summed E-state index contributed by atoms with van der Waals surface area (Å²) in [5.41, 5.74) is 0.0108. The Morgan fingerprint density at radius 3 is 2.42 bits per heavy atom. The van der Waals surface area contributed by atoms with Crippen LogP contribution in [-0.2, 0) is 0 Å². The van der Waals surface area contributed by atoms with Crippen LogP contribution < -0.4 is 0 Å². The summed E-state index contributed by atoms with van der Waals surface area (Å²) in [5.74, 6) is 0.350. The molecule has 6 nitrogen and oxygen atoms in total. The zero-order chi connectivity index (χ0) is 14.0. The van der Waals surface area contributed by atoms with E-state index in [0.29, 0.717) is 5.75 Å². The number of thioether (sulfide) groups is 2. The molecule has 1 aromatic carbocycles. The van der Waals surface area contributed by atoms with Crippen LogP contribution in [0.1, 0.15) is 0 Å². The third kappa shape index (κ3) is 3.40. The first kappa shape index (κ1) is 14.6. The Kier molecular flexibility index (Phi) is 4.69. The lowest BCUT2D eigenvalue weighted by molar-refractivity contribution is -0.384. The molecule has 19 heavy (non-hydrogen) atoms. The second-order valence-electron chi connectivity index (χ2n) is 4.12. The molecular formula is C11H13NO5S2. The van der Waals surface area contributed by atoms with Gasteiger partial charge in [-0.05, 0) is 12.1 Å². The highest BCUT2D eigenvalue weighted by molar-refractivity contribution is 8.17. The van der Waals surface area contributed by atoms with Crippen molar-refractivity contribution in [2.75, 3.05) is 5.75 Å². The van der Waals surface area contributed by atoms with Crippen LogP contribution in [0.25, 0.3) is 0 Å². The molecule has 1 heterocycles. The van der Waals surface area contributed by atoms with Crippen molar-refractivity contribution in [2.24, 2.45) is 0 Å². The van der Waals surface area contributed by atoms with Crippen LogP contribution in [-0.4, -0.2) is 48.9 Å². The van der Waals surface area contributed by atoms with Crippen molar-refractivity contribution in [3.63, 3.8) is 0 Å². The van der Waals surface area contributed by atoms with Gasteiger partial charge in [-0.15, -0.1) is 23.5 Å². The zero-order valence-electron chi connectivity index (χ0n) is 9.75. The molecule has 0 aromatic heterocycles. The van der Waals surface area contributed by atoms with Gasteiger partial charge in [-0.25, -0.2) is 0 Å². The van der Waals surface area contributed by atoms with Gasteiger partial charge in [0.1, 0.15) is 12.2 Å². The van der Waals surface area contributed by atoms with E-state index in [9.17, 15) is 25.4 Å². The average molecular weight is 303 g/mol. The number of hydrogen-bond donors (Lipinski definition) is 3. The van der Waals surface area contributed by atoms with Gasteiger partial charge < -0.3 is 15.3 Å². The minimum atomic E-state index is -1.16. The van der Waals surface area contributed by atoms with E-state index < -0.39 is 23.2 Å². The van der Waals surface area contributed by atoms with Crippen molar-refractivity contribution >= 4 is 29.2 Å². The van der Waals surface area contributed by atoms with E-state index in [1.54, 1.807) is 12.1 Å². The minimum Gasteiger partial charge on any atom is -0.389 e. The van der Waals surface area contributed by atoms with Gasteiger partial charge >= 0.3 is 0 Å². The van der Waals surface area contributed by atoms with Gasteiger partial charge in [0.15, 0.2) is 0 Å². The first-order valence-corrected chi connectivity index (χ1v) is 7.49. The van der Waals surface area contributed by atoms with Gasteiger partial charge in [-0.2, -0.15) is 0 Å². The van der Waals surface area contributed by atoms with Gasteiger partial charge in [0, 0.05) is 22.8 Å². The summed E-state index contributed by atoms with van der Waals surface area (Å²) in [6.07, 6.45) is -3.11. The molecule has 4 atom stereocenters. The summed E-state index contributed by atoms with van der Waals surface area (Å²) in [6.45, 7) is 0. The smallest absolute Gasteiger partial charge is 0.269 e. The summed E-state index contributed by atoms with van der Waals surface area (Å²) >= 11 is 2.68. The topological polar surface area (TPSA) is 104 Å². The third-order valence-electron chi connectivity index (χ3n) is 2.75. The number of non-ortho nitro benzene ring substituents is 1. The van der Waals surface area contributed by atoms with Crippen molar-refractivity contribution in [1.82, 2.24) is 0 Å². The van der Waals surface area contributed by atoms with Gasteiger partial charge in [-0.1, -0.05) is 0 Å². The molecule has 0 unspecified atom stereocenters. The van der Waals surface area contributed by atoms with Crippen LogP contribution in [0, 0.1) is 10.1 Å². The first-order valence-electron chi connectivity index (χ1n) is 5.56. The van der Waals surface area contributed by atoms with Crippen LogP contribution in [0.2, 0.25) is 0 Å². The Morgan fingerprint density at radius 2 is 1.84 bits per heavy atom. The number of nitro groups is 1. The van der Waals surface area contributed by atoms with Crippen LogP contribution in [0.4, 0.5) is 5.69 Å². The number of nitrogens with zero attached hydrogens (tertiary/aromatic N) is 1. The quantitative estimate of drug-likeness (QED) is 0.561. The summed E-state index contributed by atoms with van der Waals surface area (Å²) in [4.78, 5) is 10.8. The Labute approximate surface area is 118 Å². The van der Waals surface area contributed by atoms with Crippen LogP contribution in [0.3, 0.4) is 0 Å². The Morgan fingerprint density at radius 1 is 1.21 bits per heavy atom. The van der Waals surface area contributed by atoms with E-state index in [4.69, 9.17) is 0 Å². The molecule has 0 bridgehead atoms. The molecular weight excluding hydrogens is 290 g/mol. The highest BCUT2D eigenvalue weighted by atomic mass is 32.2. The lowest BCUT2D eigenvalue weighted by atomic mass is 10.1. The number of benzene rings is 1. The number of aliphatic hydroxyl groups excluding tert-OH is 3. The summed E-state index contributed by atoms with van der Waals surface area (Å²) in [5, 5.41) is 39.4. The van der Waals surface area contributed by atoms with Gasteiger partial charge in [-0.3, -0.25) is 10.1 Å². The second-order valence-corrected chi connectivity index (χ2v) is 6.81. The second kappa shape index (κ2) is 6.10. The average Bonchev–Trinajstić information content (AvgIpc) is 2.40. The number of hydrogen-bond acceptors (Lipinski definition) is 7. The van der Waals surface area contributed by atoms with E-state index >= 15 is 0 Å². The maximum Gasteiger partial charge on any atom is 0.269 e. The molecule has 104 valence electrons. The van der Waals surface area contributed by atoms with E-state index in [2.05, 4.69) is 0 Å². The van der Waals surface area contributed by atoms with E-state index in [-0.39, 0.29) is 10.3 Å². The predicted molar refractivity (Wildman–Crippen MR) is 73.2 cm³/mol. The predicted octanol–water partition coefficient (Wildman–Crippen LogP) is 0.842. The van der Waals surface area contributed by atoms with Crippen molar-refractivity contribution in [3.8, 4) is 0 Å². The molecule has 8 heteroatoms. The molecule has 1 aliphatic rings. The largest absolute Gasteiger partial charge is 0.389 e. The Balaban J connectivity index is 2.03. The fourth-order valence-corrected chi connectivity index (χ4v) is 4.31. The van der Waals surface area contributed by atoms with E-state index in [1.165, 1.54) is 35.7 Å². The fourth-order valence-electron chi connectivity index (χ4n) is 1.66. The normalized spacial score (nSPS) is 31.1. The Bertz CT molecular complexity index is 455. The SMILES string of the molecule is O=[N+]([O-])c1ccc(S[C@@H]2SC[C@H](O)[C@H](O)[C@H]2O)cc1. The molecule has 1 fully saturated rings. The summed E-state index contributed by atoms with van der Waals surface area (Å²) in [6, 6.07) is 6.00. The van der Waals surface area contributed by atoms with Crippen LogP contribution >= 0.6 is 23.5 Å². The van der Waals surface area contributed by atoms with Crippen molar-refractivity contribution in [2.45, 2.75) is 27.8 Å². The highest BCUT2D eigenvalue weighted by Gasteiger charge is 2.37. The molecule has 3 N–H and O–H groups in total. The fraction of sp³-hybridized carbons (Fsp3) is 0.455. The van der Waals surface area contributed by atoms with Crippen LogP contribution in [0.5, 0.6) is 0 Å². The number of nitro benzene ring substituents is 1. The van der Waals surface area contributed by atoms with E-state index in [0.717, 1.165) is 4.90 Å². The summed E-state index contributed by atoms with van der Waals surface area (Å²) < 4.78 is -0.306. The van der Waals surface area contributed by atoms with Gasteiger partial charge in [0.25, 0.3) is 5.69 Å².